The minimum atomic E-state index is -0.741. The molecule has 4 rings (SSSR count). The summed E-state index contributed by atoms with van der Waals surface area (Å²) in [6, 6.07) is 19.6. The Morgan fingerprint density at radius 3 is 2.24 bits per heavy atom. The largest absolute Gasteiger partial charge is 0.497 e. The maximum absolute atomic E-state index is 13.7. The molecule has 1 fully saturated rings. The predicted octanol–water partition coefficient (Wildman–Crippen LogP) is 4.59. The standard InChI is InChI=1S/C29H31N3O5S/c1-19-5-8-21(9-6-19)30-27(33)18-24-28(34)32(22-10-12-23(35-2)13-11-22)29(38)31(24)16-15-20-7-14-25(36-3)26(17-20)37-4/h5-14,17,24H,15-16,18H2,1-4H3,(H,30,33)/t24-/m0/s1. The number of nitrogens with zero attached hydrogens (tertiary/aromatic N) is 2. The first-order chi connectivity index (χ1) is 18.3. The smallest absolute Gasteiger partial charge is 0.256 e. The molecule has 3 aromatic rings. The van der Waals surface area contributed by atoms with Crippen molar-refractivity contribution in [3.05, 3.63) is 77.9 Å². The van der Waals surface area contributed by atoms with Crippen LogP contribution in [-0.4, -0.2) is 55.7 Å². The van der Waals surface area contributed by atoms with Crippen molar-refractivity contribution in [1.29, 1.82) is 0 Å². The summed E-state index contributed by atoms with van der Waals surface area (Å²) in [5.41, 5.74) is 3.38. The Hall–Kier alpha value is -4.11. The molecule has 1 N–H and O–H groups in total. The van der Waals surface area contributed by atoms with E-state index < -0.39 is 6.04 Å². The molecule has 9 heteroatoms. The van der Waals surface area contributed by atoms with Crippen LogP contribution in [0.25, 0.3) is 0 Å². The second-order valence-electron chi connectivity index (χ2n) is 8.92. The van der Waals surface area contributed by atoms with Crippen molar-refractivity contribution in [2.24, 2.45) is 0 Å². The number of rotatable bonds is 10. The average Bonchev–Trinajstić information content (AvgIpc) is 3.16. The first-order valence-corrected chi connectivity index (χ1v) is 12.6. The Morgan fingerprint density at radius 2 is 1.61 bits per heavy atom. The molecule has 38 heavy (non-hydrogen) atoms. The summed E-state index contributed by atoms with van der Waals surface area (Å²) in [6.45, 7) is 2.42. The third-order valence-electron chi connectivity index (χ3n) is 6.45. The van der Waals surface area contributed by atoms with E-state index in [-0.39, 0.29) is 18.2 Å². The number of hydrogen-bond donors (Lipinski definition) is 1. The van der Waals surface area contributed by atoms with Crippen LogP contribution in [0.4, 0.5) is 11.4 Å². The van der Waals surface area contributed by atoms with Gasteiger partial charge in [-0.1, -0.05) is 23.8 Å². The maximum Gasteiger partial charge on any atom is 0.256 e. The normalized spacial score (nSPS) is 15.0. The van der Waals surface area contributed by atoms with E-state index in [4.69, 9.17) is 26.4 Å². The zero-order valence-electron chi connectivity index (χ0n) is 21.9. The number of carbonyl (C=O) groups excluding carboxylic acids is 2. The fourth-order valence-electron chi connectivity index (χ4n) is 4.37. The maximum atomic E-state index is 13.7. The summed E-state index contributed by atoms with van der Waals surface area (Å²) in [6.07, 6.45) is 0.547. The van der Waals surface area contributed by atoms with Gasteiger partial charge < -0.3 is 24.4 Å². The summed E-state index contributed by atoms with van der Waals surface area (Å²) >= 11 is 5.78. The monoisotopic (exact) mass is 533 g/mol. The van der Waals surface area contributed by atoms with Gasteiger partial charge in [-0.15, -0.1) is 0 Å². The molecule has 0 aliphatic carbocycles. The molecule has 1 aliphatic heterocycles. The molecule has 1 aliphatic rings. The zero-order valence-corrected chi connectivity index (χ0v) is 22.7. The fourth-order valence-corrected chi connectivity index (χ4v) is 4.78. The van der Waals surface area contributed by atoms with Gasteiger partial charge in [-0.25, -0.2) is 0 Å². The fraction of sp³-hybridized carbons (Fsp3) is 0.276. The number of aryl methyl sites for hydroxylation is 1. The minimum Gasteiger partial charge on any atom is -0.497 e. The van der Waals surface area contributed by atoms with Crippen molar-refractivity contribution < 1.29 is 23.8 Å². The first kappa shape index (κ1) is 26.9. The van der Waals surface area contributed by atoms with Gasteiger partial charge in [0.25, 0.3) is 5.91 Å². The molecule has 0 aromatic heterocycles. The number of methoxy groups -OCH3 is 3. The predicted molar refractivity (Wildman–Crippen MR) is 151 cm³/mol. The third-order valence-corrected chi connectivity index (χ3v) is 6.87. The van der Waals surface area contributed by atoms with Crippen LogP contribution in [0.15, 0.2) is 66.7 Å². The zero-order chi connectivity index (χ0) is 27.2. The molecule has 0 unspecified atom stereocenters. The van der Waals surface area contributed by atoms with Crippen LogP contribution in [0, 0.1) is 6.92 Å². The highest BCUT2D eigenvalue weighted by molar-refractivity contribution is 7.80. The molecule has 0 radical (unpaired) electrons. The quantitative estimate of drug-likeness (QED) is 0.382. The minimum absolute atomic E-state index is 0.0363. The van der Waals surface area contributed by atoms with E-state index in [0.717, 1.165) is 11.1 Å². The number of nitrogens with one attached hydrogen (secondary N) is 1. The van der Waals surface area contributed by atoms with Crippen molar-refractivity contribution in [3.8, 4) is 17.2 Å². The van der Waals surface area contributed by atoms with Crippen molar-refractivity contribution in [2.75, 3.05) is 38.1 Å². The number of thiocarbonyl (C=S) groups is 1. The second-order valence-corrected chi connectivity index (χ2v) is 9.29. The summed E-state index contributed by atoms with van der Waals surface area (Å²) in [5, 5.41) is 3.25. The molecule has 0 bridgehead atoms. The van der Waals surface area contributed by atoms with Crippen LogP contribution >= 0.6 is 12.2 Å². The summed E-state index contributed by atoms with van der Waals surface area (Å²) < 4.78 is 16.0. The van der Waals surface area contributed by atoms with E-state index in [1.54, 1.807) is 45.6 Å². The summed E-state index contributed by atoms with van der Waals surface area (Å²) in [5.74, 6) is 1.43. The van der Waals surface area contributed by atoms with E-state index in [1.165, 1.54) is 4.90 Å². The van der Waals surface area contributed by atoms with Gasteiger partial charge in [-0.3, -0.25) is 14.5 Å². The lowest BCUT2D eigenvalue weighted by Gasteiger charge is -2.24. The molecular formula is C29H31N3O5S. The Labute approximate surface area is 228 Å². The topological polar surface area (TPSA) is 80.3 Å². The van der Waals surface area contributed by atoms with Crippen molar-refractivity contribution in [3.63, 3.8) is 0 Å². The summed E-state index contributed by atoms with van der Waals surface area (Å²) in [7, 11) is 4.76. The molecule has 1 saturated heterocycles. The lowest BCUT2D eigenvalue weighted by molar-refractivity contribution is -0.124. The SMILES string of the molecule is COc1ccc(N2C(=O)[C@H](CC(=O)Nc3ccc(C)cc3)N(CCc3ccc(OC)c(OC)c3)C2=S)cc1. The van der Waals surface area contributed by atoms with Gasteiger partial charge in [0.15, 0.2) is 16.6 Å². The van der Waals surface area contributed by atoms with Gasteiger partial charge >= 0.3 is 0 Å². The third kappa shape index (κ3) is 5.89. The van der Waals surface area contributed by atoms with Gasteiger partial charge in [0.05, 0.1) is 33.4 Å². The van der Waals surface area contributed by atoms with E-state index in [1.807, 2.05) is 54.3 Å². The molecule has 1 heterocycles. The number of benzene rings is 3. The Bertz CT molecular complexity index is 1310. The van der Waals surface area contributed by atoms with Gasteiger partial charge in [-0.2, -0.15) is 0 Å². The molecule has 3 aromatic carbocycles. The molecule has 1 atom stereocenters. The van der Waals surface area contributed by atoms with E-state index in [0.29, 0.717) is 46.7 Å². The van der Waals surface area contributed by atoms with E-state index >= 15 is 0 Å². The highest BCUT2D eigenvalue weighted by atomic mass is 32.1. The lowest BCUT2D eigenvalue weighted by Crippen LogP contribution is -2.39. The van der Waals surface area contributed by atoms with Crippen LogP contribution in [0.5, 0.6) is 17.2 Å². The Balaban J connectivity index is 1.56. The number of ether oxygens (including phenoxy) is 3. The van der Waals surface area contributed by atoms with Gasteiger partial charge in [0.1, 0.15) is 11.8 Å². The van der Waals surface area contributed by atoms with Crippen LogP contribution in [0.3, 0.4) is 0 Å². The van der Waals surface area contributed by atoms with E-state index in [9.17, 15) is 9.59 Å². The average molecular weight is 534 g/mol. The number of anilines is 2. The van der Waals surface area contributed by atoms with Crippen LogP contribution in [0.1, 0.15) is 17.5 Å². The second kappa shape index (κ2) is 12.0. The summed E-state index contributed by atoms with van der Waals surface area (Å²) in [4.78, 5) is 30.0. The molecule has 198 valence electrons. The number of hydrogen-bond acceptors (Lipinski definition) is 6. The first-order valence-electron chi connectivity index (χ1n) is 12.2. The molecule has 2 amide bonds. The van der Waals surface area contributed by atoms with Crippen molar-refractivity contribution in [1.82, 2.24) is 4.90 Å². The Kier molecular flexibility index (Phi) is 8.48. The van der Waals surface area contributed by atoms with Gasteiger partial charge in [0, 0.05) is 12.2 Å². The molecule has 0 saturated carbocycles. The van der Waals surface area contributed by atoms with E-state index in [2.05, 4.69) is 5.32 Å². The molecule has 0 spiro atoms. The van der Waals surface area contributed by atoms with Crippen LogP contribution in [0.2, 0.25) is 0 Å². The Morgan fingerprint density at radius 1 is 0.921 bits per heavy atom. The van der Waals surface area contributed by atoms with Crippen molar-refractivity contribution in [2.45, 2.75) is 25.8 Å². The van der Waals surface area contributed by atoms with Gasteiger partial charge in [-0.05, 0) is 79.7 Å². The number of amides is 2. The van der Waals surface area contributed by atoms with Crippen molar-refractivity contribution >= 4 is 40.5 Å². The number of carbonyl (C=O) groups is 2. The molecular weight excluding hydrogens is 502 g/mol. The van der Waals surface area contributed by atoms with Crippen LogP contribution < -0.4 is 24.4 Å². The van der Waals surface area contributed by atoms with Crippen LogP contribution in [-0.2, 0) is 16.0 Å². The lowest BCUT2D eigenvalue weighted by atomic mass is 10.1. The molecule has 8 nitrogen and oxygen atoms in total. The highest BCUT2D eigenvalue weighted by Crippen LogP contribution is 2.31. The van der Waals surface area contributed by atoms with Gasteiger partial charge in [0.2, 0.25) is 5.91 Å². The highest BCUT2D eigenvalue weighted by Gasteiger charge is 2.44.